The summed E-state index contributed by atoms with van der Waals surface area (Å²) in [6.07, 6.45) is 5.33. The third kappa shape index (κ3) is 8.70. The highest BCUT2D eigenvalue weighted by atomic mass is 32.2. The van der Waals surface area contributed by atoms with Gasteiger partial charge in [0, 0.05) is 30.8 Å². The SMILES string of the molecule is C=CN(C)/C=C(\C)CSC(C)=N/C(C)=C\C(=C)O. The maximum absolute atomic E-state index is 9.01. The topological polar surface area (TPSA) is 35.8 Å². The standard InChI is InChI=1S/C14H22N2OS/c1-7-16(6)9-11(2)10-18-14(5)15-12(3)8-13(4)17/h7-9,17H,1,4,10H2,2-3,5-6H3/b11-9+,12-8-,15-14?. The van der Waals surface area contributed by atoms with Crippen LogP contribution in [0.2, 0.25) is 0 Å². The highest BCUT2D eigenvalue weighted by Gasteiger charge is 1.97. The van der Waals surface area contributed by atoms with Crippen molar-refractivity contribution in [1.29, 1.82) is 0 Å². The molecule has 0 unspecified atom stereocenters. The lowest BCUT2D eigenvalue weighted by Crippen LogP contribution is -2.01. The highest BCUT2D eigenvalue weighted by molar-refractivity contribution is 8.14. The Labute approximate surface area is 114 Å². The lowest BCUT2D eigenvalue weighted by Gasteiger charge is -2.09. The van der Waals surface area contributed by atoms with Crippen LogP contribution < -0.4 is 0 Å². The van der Waals surface area contributed by atoms with E-state index in [4.69, 9.17) is 5.11 Å². The Hall–Kier alpha value is -1.42. The lowest BCUT2D eigenvalue weighted by molar-refractivity contribution is 0.434. The molecule has 0 amide bonds. The van der Waals surface area contributed by atoms with Crippen molar-refractivity contribution >= 4 is 16.8 Å². The number of aliphatic hydroxyl groups excluding tert-OH is 1. The van der Waals surface area contributed by atoms with Crippen molar-refractivity contribution in [1.82, 2.24) is 4.90 Å². The van der Waals surface area contributed by atoms with Crippen LogP contribution in [0.25, 0.3) is 0 Å². The van der Waals surface area contributed by atoms with Gasteiger partial charge in [0.05, 0.1) is 5.04 Å². The number of hydrogen-bond acceptors (Lipinski definition) is 4. The summed E-state index contributed by atoms with van der Waals surface area (Å²) in [5.41, 5.74) is 1.99. The van der Waals surface area contributed by atoms with E-state index in [1.807, 2.05) is 32.0 Å². The summed E-state index contributed by atoms with van der Waals surface area (Å²) in [6.45, 7) is 12.9. The molecule has 0 atom stereocenters. The normalized spacial score (nSPS) is 13.4. The second-order valence-electron chi connectivity index (χ2n) is 4.02. The average molecular weight is 266 g/mol. The Kier molecular flexibility index (Phi) is 7.96. The van der Waals surface area contributed by atoms with E-state index < -0.39 is 0 Å². The highest BCUT2D eigenvalue weighted by Crippen LogP contribution is 2.12. The summed E-state index contributed by atoms with van der Waals surface area (Å²) >= 11 is 1.66. The van der Waals surface area contributed by atoms with Crippen molar-refractivity contribution in [2.24, 2.45) is 4.99 Å². The van der Waals surface area contributed by atoms with Crippen molar-refractivity contribution < 1.29 is 5.11 Å². The molecule has 0 fully saturated rings. The molecule has 4 heteroatoms. The van der Waals surface area contributed by atoms with Gasteiger partial charge in [-0.3, -0.25) is 4.99 Å². The largest absolute Gasteiger partial charge is 0.509 e. The quantitative estimate of drug-likeness (QED) is 0.340. The van der Waals surface area contributed by atoms with E-state index in [9.17, 15) is 0 Å². The van der Waals surface area contributed by atoms with E-state index in [2.05, 4.69) is 25.1 Å². The first kappa shape index (κ1) is 16.6. The molecule has 0 saturated carbocycles. The van der Waals surface area contributed by atoms with Gasteiger partial charge in [0.25, 0.3) is 0 Å². The van der Waals surface area contributed by atoms with Crippen LogP contribution in [0, 0.1) is 0 Å². The van der Waals surface area contributed by atoms with Crippen molar-refractivity contribution in [3.05, 3.63) is 48.7 Å². The lowest BCUT2D eigenvalue weighted by atomic mass is 10.4. The van der Waals surface area contributed by atoms with Gasteiger partial charge in [0.1, 0.15) is 5.76 Å². The van der Waals surface area contributed by atoms with Crippen molar-refractivity contribution in [3.8, 4) is 0 Å². The zero-order chi connectivity index (χ0) is 14.1. The molecule has 0 aliphatic rings. The van der Waals surface area contributed by atoms with Crippen LogP contribution in [-0.2, 0) is 0 Å². The minimum absolute atomic E-state index is 0.0257. The van der Waals surface area contributed by atoms with Crippen LogP contribution in [0.3, 0.4) is 0 Å². The fourth-order valence-corrected chi connectivity index (χ4v) is 1.93. The van der Waals surface area contributed by atoms with Crippen LogP contribution in [0.5, 0.6) is 0 Å². The molecule has 0 rings (SSSR count). The molecular formula is C14H22N2OS. The van der Waals surface area contributed by atoms with E-state index in [0.29, 0.717) is 0 Å². The number of allylic oxidation sites excluding steroid dienone is 2. The number of thioether (sulfide) groups is 1. The molecule has 0 aromatic heterocycles. The predicted octanol–water partition coefficient (Wildman–Crippen LogP) is 4.09. The van der Waals surface area contributed by atoms with Crippen molar-refractivity contribution in [2.75, 3.05) is 12.8 Å². The first-order chi connectivity index (χ1) is 8.35. The van der Waals surface area contributed by atoms with Gasteiger partial charge in [-0.1, -0.05) is 13.2 Å². The van der Waals surface area contributed by atoms with Gasteiger partial charge in [0.15, 0.2) is 0 Å². The monoisotopic (exact) mass is 266 g/mol. The number of aliphatic imine (C=N–C) groups is 1. The Bertz CT molecular complexity index is 395. The Morgan fingerprint density at radius 3 is 2.50 bits per heavy atom. The molecule has 0 bridgehead atoms. The van der Waals surface area contributed by atoms with Gasteiger partial charge in [-0.15, -0.1) is 11.8 Å². The smallest absolute Gasteiger partial charge is 0.110 e. The first-order valence-corrected chi connectivity index (χ1v) is 6.59. The second kappa shape index (κ2) is 8.64. The third-order valence-electron chi connectivity index (χ3n) is 1.93. The van der Waals surface area contributed by atoms with E-state index in [-0.39, 0.29) is 5.76 Å². The molecule has 0 aliphatic carbocycles. The molecule has 0 radical (unpaired) electrons. The van der Waals surface area contributed by atoms with Crippen molar-refractivity contribution in [2.45, 2.75) is 20.8 Å². The molecule has 0 aromatic carbocycles. The number of nitrogens with zero attached hydrogens (tertiary/aromatic N) is 2. The summed E-state index contributed by atoms with van der Waals surface area (Å²) in [6, 6.07) is 0. The summed E-state index contributed by atoms with van der Waals surface area (Å²) in [5, 5.41) is 9.97. The fourth-order valence-electron chi connectivity index (χ4n) is 1.21. The molecule has 100 valence electrons. The van der Waals surface area contributed by atoms with Crippen molar-refractivity contribution in [3.63, 3.8) is 0 Å². The predicted molar refractivity (Wildman–Crippen MR) is 82.8 cm³/mol. The molecule has 1 N–H and O–H groups in total. The maximum Gasteiger partial charge on any atom is 0.110 e. The first-order valence-electron chi connectivity index (χ1n) is 5.61. The number of rotatable bonds is 6. The van der Waals surface area contributed by atoms with Gasteiger partial charge in [-0.25, -0.2) is 0 Å². The van der Waals surface area contributed by atoms with Gasteiger partial charge in [-0.05, 0) is 32.5 Å². The van der Waals surface area contributed by atoms with Gasteiger partial charge in [0.2, 0.25) is 0 Å². The number of aliphatic hydroxyl groups is 1. The molecule has 0 saturated heterocycles. The zero-order valence-corrected chi connectivity index (χ0v) is 12.4. The number of hydrogen-bond donors (Lipinski definition) is 1. The summed E-state index contributed by atoms with van der Waals surface area (Å²) in [7, 11) is 1.95. The van der Waals surface area contributed by atoms with Gasteiger partial charge in [-0.2, -0.15) is 0 Å². The second-order valence-corrected chi connectivity index (χ2v) is 5.19. The minimum atomic E-state index is 0.0257. The summed E-state index contributed by atoms with van der Waals surface area (Å²) < 4.78 is 0. The van der Waals surface area contributed by atoms with E-state index in [1.165, 1.54) is 11.6 Å². The van der Waals surface area contributed by atoms with Crippen LogP contribution >= 0.6 is 11.8 Å². The summed E-state index contributed by atoms with van der Waals surface area (Å²) in [4.78, 5) is 6.27. The fraction of sp³-hybridized carbons (Fsp3) is 0.357. The Balaban J connectivity index is 4.38. The Morgan fingerprint density at radius 1 is 1.39 bits per heavy atom. The van der Waals surface area contributed by atoms with Gasteiger partial charge >= 0.3 is 0 Å². The maximum atomic E-state index is 9.01. The van der Waals surface area contributed by atoms with Crippen LogP contribution in [0.15, 0.2) is 53.7 Å². The van der Waals surface area contributed by atoms with E-state index >= 15 is 0 Å². The third-order valence-corrected chi connectivity index (χ3v) is 3.04. The molecule has 3 nitrogen and oxygen atoms in total. The van der Waals surface area contributed by atoms with Crippen LogP contribution in [0.4, 0.5) is 0 Å². The van der Waals surface area contributed by atoms with E-state index in [1.54, 1.807) is 18.0 Å². The molecule has 0 aliphatic heterocycles. The Morgan fingerprint density at radius 2 is 2.00 bits per heavy atom. The zero-order valence-electron chi connectivity index (χ0n) is 11.6. The molecular weight excluding hydrogens is 244 g/mol. The minimum Gasteiger partial charge on any atom is -0.509 e. The molecule has 0 aromatic rings. The van der Waals surface area contributed by atoms with Crippen LogP contribution in [-0.4, -0.2) is 27.9 Å². The molecule has 0 heterocycles. The van der Waals surface area contributed by atoms with Gasteiger partial charge < -0.3 is 10.0 Å². The van der Waals surface area contributed by atoms with Crippen LogP contribution in [0.1, 0.15) is 20.8 Å². The molecule has 18 heavy (non-hydrogen) atoms. The molecule has 0 spiro atoms. The summed E-state index contributed by atoms with van der Waals surface area (Å²) in [5.74, 6) is 0.902. The van der Waals surface area contributed by atoms with E-state index in [0.717, 1.165) is 16.5 Å². The average Bonchev–Trinajstić information content (AvgIpc) is 2.24.